The summed E-state index contributed by atoms with van der Waals surface area (Å²) in [6, 6.07) is 23.9. The number of carbonyl (C=O) groups excluding carboxylic acids is 1. The maximum Gasteiger partial charge on any atom is 0.320 e. The van der Waals surface area contributed by atoms with Crippen LogP contribution in [0.25, 0.3) is 22.6 Å². The third kappa shape index (κ3) is 8.78. The van der Waals surface area contributed by atoms with Gasteiger partial charge in [0, 0.05) is 24.9 Å². The maximum absolute atomic E-state index is 11.9. The SMILES string of the molecule is Cc1oc(-c2cccc(-c3ccccc3)c2)nc1CCOc1ccc(CCC(=O)O)c(CNCC(=O)OC(C)C)c1. The first-order chi connectivity index (χ1) is 19.8. The van der Waals surface area contributed by atoms with E-state index in [4.69, 9.17) is 24.0 Å². The Bertz CT molecular complexity index is 1460. The third-order valence-electron chi connectivity index (χ3n) is 6.45. The minimum absolute atomic E-state index is 0.0185. The van der Waals surface area contributed by atoms with Crippen LogP contribution in [0.15, 0.2) is 77.2 Å². The lowest BCUT2D eigenvalue weighted by Gasteiger charge is -2.14. The van der Waals surface area contributed by atoms with Crippen molar-refractivity contribution in [1.29, 1.82) is 0 Å². The van der Waals surface area contributed by atoms with Gasteiger partial charge in [0.05, 0.1) is 24.9 Å². The minimum Gasteiger partial charge on any atom is -0.493 e. The van der Waals surface area contributed by atoms with Crippen molar-refractivity contribution in [1.82, 2.24) is 10.3 Å². The van der Waals surface area contributed by atoms with Crippen LogP contribution in [0.2, 0.25) is 0 Å². The van der Waals surface area contributed by atoms with E-state index in [-0.39, 0.29) is 25.0 Å². The summed E-state index contributed by atoms with van der Waals surface area (Å²) in [5, 5.41) is 12.2. The van der Waals surface area contributed by atoms with E-state index in [2.05, 4.69) is 29.6 Å². The molecule has 0 saturated heterocycles. The van der Waals surface area contributed by atoms with Crippen molar-refractivity contribution in [3.63, 3.8) is 0 Å². The Morgan fingerprint density at radius 3 is 2.44 bits per heavy atom. The number of carbonyl (C=O) groups is 2. The number of aliphatic carboxylic acids is 1. The number of nitrogens with one attached hydrogen (secondary N) is 1. The van der Waals surface area contributed by atoms with Crippen LogP contribution in [0, 0.1) is 6.92 Å². The van der Waals surface area contributed by atoms with Crippen LogP contribution in [0.1, 0.15) is 42.8 Å². The van der Waals surface area contributed by atoms with Gasteiger partial charge < -0.3 is 24.3 Å². The molecular weight excluding hydrogens is 520 g/mol. The molecule has 0 bridgehead atoms. The molecule has 3 aromatic carbocycles. The Balaban J connectivity index is 1.39. The number of carboxylic acid groups (broad SMARTS) is 1. The van der Waals surface area contributed by atoms with Gasteiger partial charge in [0.1, 0.15) is 11.5 Å². The second-order valence-corrected chi connectivity index (χ2v) is 10.0. The van der Waals surface area contributed by atoms with Crippen LogP contribution in [0.5, 0.6) is 5.75 Å². The van der Waals surface area contributed by atoms with Gasteiger partial charge in [-0.15, -0.1) is 0 Å². The Kier molecular flexibility index (Phi) is 10.3. The van der Waals surface area contributed by atoms with Crippen LogP contribution in [-0.4, -0.2) is 41.3 Å². The first kappa shape index (κ1) is 29.6. The molecule has 2 N–H and O–H groups in total. The average Bonchev–Trinajstić information content (AvgIpc) is 3.33. The van der Waals surface area contributed by atoms with E-state index < -0.39 is 5.97 Å². The van der Waals surface area contributed by atoms with E-state index in [1.807, 2.05) is 55.5 Å². The zero-order valence-corrected chi connectivity index (χ0v) is 23.7. The highest BCUT2D eigenvalue weighted by molar-refractivity contribution is 5.72. The van der Waals surface area contributed by atoms with Crippen molar-refractivity contribution in [3.05, 3.63) is 95.4 Å². The number of aryl methyl sites for hydroxylation is 2. The molecule has 0 atom stereocenters. The van der Waals surface area contributed by atoms with Gasteiger partial charge in [-0.1, -0.05) is 48.5 Å². The molecule has 0 spiro atoms. The summed E-state index contributed by atoms with van der Waals surface area (Å²) < 4.78 is 17.2. The number of nitrogens with zero attached hydrogens (tertiary/aromatic N) is 1. The first-order valence-corrected chi connectivity index (χ1v) is 13.8. The normalized spacial score (nSPS) is 11.0. The third-order valence-corrected chi connectivity index (χ3v) is 6.45. The number of rotatable bonds is 14. The number of benzene rings is 3. The lowest BCUT2D eigenvalue weighted by molar-refractivity contribution is -0.146. The molecule has 8 heteroatoms. The maximum atomic E-state index is 11.9. The number of hydrogen-bond acceptors (Lipinski definition) is 7. The average molecular weight is 557 g/mol. The van der Waals surface area contributed by atoms with E-state index in [0.717, 1.165) is 39.3 Å². The number of oxazole rings is 1. The van der Waals surface area contributed by atoms with E-state index in [1.54, 1.807) is 13.8 Å². The Hall–Kier alpha value is -4.43. The van der Waals surface area contributed by atoms with Crippen LogP contribution < -0.4 is 10.1 Å². The summed E-state index contributed by atoms with van der Waals surface area (Å²) in [7, 11) is 0. The second-order valence-electron chi connectivity index (χ2n) is 10.0. The molecule has 41 heavy (non-hydrogen) atoms. The fourth-order valence-corrected chi connectivity index (χ4v) is 4.46. The van der Waals surface area contributed by atoms with Crippen molar-refractivity contribution in [3.8, 4) is 28.3 Å². The van der Waals surface area contributed by atoms with Crippen molar-refractivity contribution in [2.24, 2.45) is 0 Å². The standard InChI is InChI=1S/C33H36N2O6/c1-22(2)40-32(38)21-34-20-28-19-29(14-12-25(28)13-15-31(36)37)39-17-16-30-23(3)41-33(35-30)27-11-7-10-26(18-27)24-8-5-4-6-9-24/h4-12,14,18-19,22,34H,13,15-17,20-21H2,1-3H3,(H,36,37). The zero-order chi connectivity index (χ0) is 29.2. The topological polar surface area (TPSA) is 111 Å². The molecule has 4 aromatic rings. The quantitative estimate of drug-likeness (QED) is 0.182. The lowest BCUT2D eigenvalue weighted by atomic mass is 10.0. The Morgan fingerprint density at radius 2 is 1.68 bits per heavy atom. The molecule has 8 nitrogen and oxygen atoms in total. The molecule has 1 aromatic heterocycles. The van der Waals surface area contributed by atoms with E-state index in [9.17, 15) is 9.59 Å². The van der Waals surface area contributed by atoms with E-state index in [0.29, 0.717) is 37.6 Å². The molecule has 1 heterocycles. The summed E-state index contributed by atoms with van der Waals surface area (Å²) >= 11 is 0. The number of carboxylic acids is 1. The highest BCUT2D eigenvalue weighted by Crippen LogP contribution is 2.27. The first-order valence-electron chi connectivity index (χ1n) is 13.8. The number of ether oxygens (including phenoxy) is 2. The summed E-state index contributed by atoms with van der Waals surface area (Å²) in [6.07, 6.45) is 0.777. The number of aromatic nitrogens is 1. The van der Waals surface area contributed by atoms with Crippen molar-refractivity contribution >= 4 is 11.9 Å². The smallest absolute Gasteiger partial charge is 0.320 e. The molecule has 0 radical (unpaired) electrons. The summed E-state index contributed by atoms with van der Waals surface area (Å²) in [5.74, 6) is 0.772. The monoisotopic (exact) mass is 556 g/mol. The van der Waals surface area contributed by atoms with Gasteiger partial charge in [0.2, 0.25) is 5.89 Å². The van der Waals surface area contributed by atoms with Crippen LogP contribution >= 0.6 is 0 Å². The summed E-state index contributed by atoms with van der Waals surface area (Å²) in [5.41, 5.74) is 5.73. The summed E-state index contributed by atoms with van der Waals surface area (Å²) in [6.45, 7) is 6.33. The Labute approximate surface area is 240 Å². The van der Waals surface area contributed by atoms with Crippen molar-refractivity contribution in [2.45, 2.75) is 52.7 Å². The van der Waals surface area contributed by atoms with Crippen LogP contribution in [0.4, 0.5) is 0 Å². The summed E-state index contributed by atoms with van der Waals surface area (Å²) in [4.78, 5) is 27.7. The molecule has 0 aliphatic rings. The second kappa shape index (κ2) is 14.3. The van der Waals surface area contributed by atoms with Gasteiger partial charge in [0.15, 0.2) is 0 Å². The molecule has 214 valence electrons. The largest absolute Gasteiger partial charge is 0.493 e. The number of hydrogen-bond donors (Lipinski definition) is 2. The van der Waals surface area contributed by atoms with E-state index in [1.165, 1.54) is 0 Å². The molecule has 0 unspecified atom stereocenters. The predicted molar refractivity (Wildman–Crippen MR) is 157 cm³/mol. The zero-order valence-electron chi connectivity index (χ0n) is 23.7. The van der Waals surface area contributed by atoms with Crippen LogP contribution in [-0.2, 0) is 33.7 Å². The molecule has 0 amide bonds. The van der Waals surface area contributed by atoms with Gasteiger partial charge in [-0.2, -0.15) is 0 Å². The fourth-order valence-electron chi connectivity index (χ4n) is 4.46. The molecular formula is C33H36N2O6. The fraction of sp³-hybridized carbons (Fsp3) is 0.303. The lowest BCUT2D eigenvalue weighted by Crippen LogP contribution is -2.26. The van der Waals surface area contributed by atoms with Gasteiger partial charge in [-0.3, -0.25) is 9.59 Å². The highest BCUT2D eigenvalue weighted by Gasteiger charge is 2.14. The van der Waals surface area contributed by atoms with Crippen molar-refractivity contribution in [2.75, 3.05) is 13.2 Å². The van der Waals surface area contributed by atoms with E-state index >= 15 is 0 Å². The van der Waals surface area contributed by atoms with Gasteiger partial charge in [0.25, 0.3) is 0 Å². The van der Waals surface area contributed by atoms with Gasteiger partial charge in [-0.05, 0) is 73.7 Å². The molecule has 0 aliphatic carbocycles. The van der Waals surface area contributed by atoms with Crippen LogP contribution in [0.3, 0.4) is 0 Å². The molecule has 0 saturated carbocycles. The molecule has 4 rings (SSSR count). The Morgan fingerprint density at radius 1 is 0.927 bits per heavy atom. The minimum atomic E-state index is -0.862. The van der Waals surface area contributed by atoms with Gasteiger partial charge >= 0.3 is 11.9 Å². The number of esters is 1. The molecule has 0 fully saturated rings. The highest BCUT2D eigenvalue weighted by atomic mass is 16.5. The predicted octanol–water partition coefficient (Wildman–Crippen LogP) is 6.00. The molecule has 0 aliphatic heterocycles. The van der Waals surface area contributed by atoms with Crippen molar-refractivity contribution < 1.29 is 28.6 Å². The van der Waals surface area contributed by atoms with Gasteiger partial charge in [-0.25, -0.2) is 4.98 Å².